The van der Waals surface area contributed by atoms with Crippen LogP contribution in [0.2, 0.25) is 0 Å². The largest absolute Gasteiger partial charge is 0.231 e. The SMILES string of the molecule is Cc1ccc(Sc2nccc(C#N)n2)cc1C. The minimum Gasteiger partial charge on any atom is -0.231 e. The Morgan fingerprint density at radius 3 is 2.71 bits per heavy atom. The van der Waals surface area contributed by atoms with Crippen molar-refractivity contribution in [1.82, 2.24) is 9.97 Å². The van der Waals surface area contributed by atoms with E-state index in [1.54, 1.807) is 12.3 Å². The van der Waals surface area contributed by atoms with Gasteiger partial charge in [0.1, 0.15) is 11.8 Å². The molecule has 0 aliphatic rings. The number of aromatic nitrogens is 2. The number of nitriles is 1. The van der Waals surface area contributed by atoms with Gasteiger partial charge in [0.2, 0.25) is 0 Å². The molecule has 0 saturated carbocycles. The first kappa shape index (κ1) is 11.6. The molecule has 0 saturated heterocycles. The molecule has 2 aromatic rings. The lowest BCUT2D eigenvalue weighted by Gasteiger charge is -2.03. The molecule has 1 heterocycles. The molecular weight excluding hydrogens is 230 g/mol. The smallest absolute Gasteiger partial charge is 0.193 e. The molecule has 0 unspecified atom stereocenters. The quantitative estimate of drug-likeness (QED) is 0.758. The van der Waals surface area contributed by atoms with Crippen molar-refractivity contribution in [2.45, 2.75) is 23.9 Å². The number of aryl methyl sites for hydroxylation is 2. The van der Waals surface area contributed by atoms with Crippen molar-refractivity contribution in [2.24, 2.45) is 0 Å². The van der Waals surface area contributed by atoms with Gasteiger partial charge in [-0.05, 0) is 54.9 Å². The van der Waals surface area contributed by atoms with Crippen LogP contribution in [-0.2, 0) is 0 Å². The van der Waals surface area contributed by atoms with Gasteiger partial charge >= 0.3 is 0 Å². The van der Waals surface area contributed by atoms with E-state index in [2.05, 4.69) is 35.9 Å². The zero-order valence-corrected chi connectivity index (χ0v) is 10.5. The fraction of sp³-hybridized carbons (Fsp3) is 0.154. The Morgan fingerprint density at radius 2 is 2.00 bits per heavy atom. The van der Waals surface area contributed by atoms with Gasteiger partial charge < -0.3 is 0 Å². The molecule has 0 amide bonds. The van der Waals surface area contributed by atoms with E-state index in [0.717, 1.165) is 4.90 Å². The third-order valence-corrected chi connectivity index (χ3v) is 3.30. The summed E-state index contributed by atoms with van der Waals surface area (Å²) in [6.07, 6.45) is 1.61. The van der Waals surface area contributed by atoms with Crippen molar-refractivity contribution >= 4 is 11.8 Å². The summed E-state index contributed by atoms with van der Waals surface area (Å²) in [5, 5.41) is 9.36. The Labute approximate surface area is 105 Å². The van der Waals surface area contributed by atoms with E-state index in [1.807, 2.05) is 12.1 Å². The average molecular weight is 241 g/mol. The second kappa shape index (κ2) is 4.98. The van der Waals surface area contributed by atoms with Crippen LogP contribution >= 0.6 is 11.8 Å². The van der Waals surface area contributed by atoms with Crippen LogP contribution in [0.25, 0.3) is 0 Å². The summed E-state index contributed by atoms with van der Waals surface area (Å²) in [6.45, 7) is 4.16. The van der Waals surface area contributed by atoms with Gasteiger partial charge in [0.15, 0.2) is 5.16 Å². The van der Waals surface area contributed by atoms with Gasteiger partial charge in [-0.2, -0.15) is 5.26 Å². The number of benzene rings is 1. The molecule has 0 fully saturated rings. The average Bonchev–Trinajstić information content (AvgIpc) is 2.34. The minimum absolute atomic E-state index is 0.395. The van der Waals surface area contributed by atoms with Crippen molar-refractivity contribution < 1.29 is 0 Å². The van der Waals surface area contributed by atoms with Crippen molar-refractivity contribution in [1.29, 1.82) is 5.26 Å². The predicted octanol–water partition coefficient (Wildman–Crippen LogP) is 3.12. The van der Waals surface area contributed by atoms with Gasteiger partial charge in [-0.3, -0.25) is 0 Å². The van der Waals surface area contributed by atoms with Crippen molar-refractivity contribution in [3.63, 3.8) is 0 Å². The molecule has 0 N–H and O–H groups in total. The lowest BCUT2D eigenvalue weighted by atomic mass is 10.1. The maximum atomic E-state index is 8.76. The summed E-state index contributed by atoms with van der Waals surface area (Å²) in [5.41, 5.74) is 2.90. The second-order valence-corrected chi connectivity index (χ2v) is 4.73. The highest BCUT2D eigenvalue weighted by Crippen LogP contribution is 2.26. The van der Waals surface area contributed by atoms with Crippen LogP contribution in [0.15, 0.2) is 40.5 Å². The van der Waals surface area contributed by atoms with E-state index >= 15 is 0 Å². The maximum absolute atomic E-state index is 8.76. The van der Waals surface area contributed by atoms with E-state index in [1.165, 1.54) is 22.9 Å². The van der Waals surface area contributed by atoms with E-state index < -0.39 is 0 Å². The molecule has 3 nitrogen and oxygen atoms in total. The molecule has 1 aromatic heterocycles. The van der Waals surface area contributed by atoms with Crippen molar-refractivity contribution in [3.05, 3.63) is 47.3 Å². The van der Waals surface area contributed by atoms with Crippen LogP contribution in [0, 0.1) is 25.2 Å². The Hall–Kier alpha value is -1.86. The Balaban J connectivity index is 2.25. The fourth-order valence-corrected chi connectivity index (χ4v) is 2.18. The van der Waals surface area contributed by atoms with E-state index in [0.29, 0.717) is 10.9 Å². The molecule has 0 aliphatic carbocycles. The number of nitrogens with zero attached hydrogens (tertiary/aromatic N) is 3. The highest BCUT2D eigenvalue weighted by Gasteiger charge is 2.03. The first-order valence-electron chi connectivity index (χ1n) is 5.17. The van der Waals surface area contributed by atoms with Gasteiger partial charge in [-0.25, -0.2) is 9.97 Å². The standard InChI is InChI=1S/C13H11N3S/c1-9-3-4-12(7-10(9)2)17-13-15-6-5-11(8-14)16-13/h3-7H,1-2H3. The summed E-state index contributed by atoms with van der Waals surface area (Å²) in [7, 11) is 0. The molecule has 0 bridgehead atoms. The summed E-state index contributed by atoms with van der Waals surface area (Å²) in [6, 6.07) is 9.82. The third-order valence-electron chi connectivity index (χ3n) is 2.44. The number of hydrogen-bond donors (Lipinski definition) is 0. The zero-order valence-electron chi connectivity index (χ0n) is 9.64. The van der Waals surface area contributed by atoms with Gasteiger partial charge in [0.25, 0.3) is 0 Å². The molecular formula is C13H11N3S. The van der Waals surface area contributed by atoms with Crippen LogP contribution in [-0.4, -0.2) is 9.97 Å². The summed E-state index contributed by atoms with van der Waals surface area (Å²) in [4.78, 5) is 9.35. The van der Waals surface area contributed by atoms with E-state index in [-0.39, 0.29) is 0 Å². The molecule has 0 radical (unpaired) electrons. The zero-order chi connectivity index (χ0) is 12.3. The topological polar surface area (TPSA) is 49.6 Å². The normalized spacial score (nSPS) is 9.94. The first-order chi connectivity index (χ1) is 8.19. The fourth-order valence-electron chi connectivity index (χ4n) is 1.34. The molecule has 0 atom stereocenters. The third kappa shape index (κ3) is 2.83. The number of rotatable bonds is 2. The Morgan fingerprint density at radius 1 is 1.18 bits per heavy atom. The summed E-state index contributed by atoms with van der Waals surface area (Å²) >= 11 is 1.47. The lowest BCUT2D eigenvalue weighted by Crippen LogP contribution is -1.89. The summed E-state index contributed by atoms with van der Waals surface area (Å²) in [5.74, 6) is 0. The van der Waals surface area contributed by atoms with Crippen molar-refractivity contribution in [2.75, 3.05) is 0 Å². The Kier molecular flexibility index (Phi) is 3.40. The van der Waals surface area contributed by atoms with Crippen molar-refractivity contribution in [3.8, 4) is 6.07 Å². The van der Waals surface area contributed by atoms with Gasteiger partial charge in [0, 0.05) is 11.1 Å². The highest BCUT2D eigenvalue weighted by molar-refractivity contribution is 7.99. The summed E-state index contributed by atoms with van der Waals surface area (Å²) < 4.78 is 0. The molecule has 1 aromatic carbocycles. The monoisotopic (exact) mass is 241 g/mol. The van der Waals surface area contributed by atoms with Crippen LogP contribution in [0.3, 0.4) is 0 Å². The van der Waals surface area contributed by atoms with Gasteiger partial charge in [-0.15, -0.1) is 0 Å². The molecule has 0 spiro atoms. The van der Waals surface area contributed by atoms with E-state index in [4.69, 9.17) is 5.26 Å². The molecule has 17 heavy (non-hydrogen) atoms. The Bertz CT molecular complexity index is 587. The van der Waals surface area contributed by atoms with Crippen LogP contribution in [0.1, 0.15) is 16.8 Å². The van der Waals surface area contributed by atoms with Crippen LogP contribution in [0.4, 0.5) is 0 Å². The first-order valence-corrected chi connectivity index (χ1v) is 5.99. The highest BCUT2D eigenvalue weighted by atomic mass is 32.2. The maximum Gasteiger partial charge on any atom is 0.193 e. The molecule has 2 rings (SSSR count). The van der Waals surface area contributed by atoms with Gasteiger partial charge in [0.05, 0.1) is 0 Å². The number of hydrogen-bond acceptors (Lipinski definition) is 4. The van der Waals surface area contributed by atoms with Crippen LogP contribution < -0.4 is 0 Å². The van der Waals surface area contributed by atoms with Crippen LogP contribution in [0.5, 0.6) is 0 Å². The minimum atomic E-state index is 0.395. The molecule has 4 heteroatoms. The second-order valence-electron chi connectivity index (χ2n) is 3.68. The predicted molar refractivity (Wildman–Crippen MR) is 66.8 cm³/mol. The van der Waals surface area contributed by atoms with E-state index in [9.17, 15) is 0 Å². The molecule has 0 aliphatic heterocycles. The van der Waals surface area contributed by atoms with Gasteiger partial charge in [-0.1, -0.05) is 6.07 Å². The molecule has 84 valence electrons. The lowest BCUT2D eigenvalue weighted by molar-refractivity contribution is 0.952.